The van der Waals surface area contributed by atoms with Gasteiger partial charge in [-0.05, 0) is 13.3 Å². The highest BCUT2D eigenvalue weighted by Gasteiger charge is 2.20. The Morgan fingerprint density at radius 3 is 2.74 bits per heavy atom. The predicted octanol–water partition coefficient (Wildman–Crippen LogP) is 0.765. The normalized spacial score (nSPS) is 12.2. The number of aliphatic carboxylic acids is 1. The molecule has 0 bridgehead atoms. The smallest absolute Gasteiger partial charge is 0.306 e. The number of nitrogens with zero attached hydrogens (tertiary/aromatic N) is 1. The van der Waals surface area contributed by atoms with E-state index < -0.39 is 12.1 Å². The Hall–Kier alpha value is -1.89. The second-order valence-electron chi connectivity index (χ2n) is 4.08. The van der Waals surface area contributed by atoms with Gasteiger partial charge in [-0.25, -0.2) is 0 Å². The zero-order valence-corrected chi connectivity index (χ0v) is 11.2. The number of aryl methyl sites for hydroxylation is 2. The first-order chi connectivity index (χ1) is 8.99. The number of ether oxygens (including phenoxy) is 1. The van der Waals surface area contributed by atoms with Crippen LogP contribution in [0.2, 0.25) is 0 Å². The molecule has 1 heterocycles. The molecule has 0 aliphatic carbocycles. The molecule has 0 fully saturated rings. The largest absolute Gasteiger partial charge is 0.481 e. The van der Waals surface area contributed by atoms with E-state index in [1.54, 1.807) is 6.92 Å². The molecule has 1 rings (SSSR count). The number of carbonyl (C=O) groups excluding carboxylic acids is 1. The molecule has 106 valence electrons. The molecule has 1 amide bonds. The van der Waals surface area contributed by atoms with Gasteiger partial charge in [0.2, 0.25) is 0 Å². The highest BCUT2D eigenvalue weighted by atomic mass is 16.5. The molecule has 0 saturated heterocycles. The molecule has 1 aromatic heterocycles. The summed E-state index contributed by atoms with van der Waals surface area (Å²) in [5.74, 6) is -0.860. The van der Waals surface area contributed by atoms with Crippen molar-refractivity contribution in [1.82, 2.24) is 10.5 Å². The standard InChI is InChI=1S/C12H18N2O5/c1-4-9-11(7(2)19-14-9)12(17)13-6-8(18-3)5-10(15)16/h8H,4-6H2,1-3H3,(H,13,17)(H,15,16). The van der Waals surface area contributed by atoms with Crippen LogP contribution in [-0.2, 0) is 16.0 Å². The fourth-order valence-corrected chi connectivity index (χ4v) is 1.68. The first-order valence-electron chi connectivity index (χ1n) is 5.97. The van der Waals surface area contributed by atoms with E-state index in [4.69, 9.17) is 14.4 Å². The fraction of sp³-hybridized carbons (Fsp3) is 0.583. The minimum atomic E-state index is -0.975. The molecule has 2 N–H and O–H groups in total. The van der Waals surface area contributed by atoms with E-state index in [9.17, 15) is 9.59 Å². The summed E-state index contributed by atoms with van der Waals surface area (Å²) >= 11 is 0. The van der Waals surface area contributed by atoms with Gasteiger partial charge in [-0.15, -0.1) is 0 Å². The van der Waals surface area contributed by atoms with Crippen LogP contribution in [0.1, 0.15) is 35.2 Å². The number of carbonyl (C=O) groups is 2. The van der Waals surface area contributed by atoms with E-state index in [-0.39, 0.29) is 18.9 Å². The minimum absolute atomic E-state index is 0.120. The molecule has 0 radical (unpaired) electrons. The Balaban J connectivity index is 2.64. The summed E-state index contributed by atoms with van der Waals surface area (Å²) in [5.41, 5.74) is 0.995. The predicted molar refractivity (Wildman–Crippen MR) is 66.0 cm³/mol. The number of nitrogens with one attached hydrogen (secondary N) is 1. The molecular weight excluding hydrogens is 252 g/mol. The lowest BCUT2D eigenvalue weighted by molar-refractivity contribution is -0.139. The van der Waals surface area contributed by atoms with Crippen LogP contribution in [0.3, 0.4) is 0 Å². The van der Waals surface area contributed by atoms with Gasteiger partial charge < -0.3 is 19.7 Å². The molecule has 0 aliphatic heterocycles. The van der Waals surface area contributed by atoms with E-state index in [0.29, 0.717) is 23.4 Å². The zero-order chi connectivity index (χ0) is 14.4. The SMILES string of the molecule is CCc1noc(C)c1C(=O)NCC(CC(=O)O)OC. The number of aromatic nitrogens is 1. The number of methoxy groups -OCH3 is 1. The average molecular weight is 270 g/mol. The number of carboxylic acids is 1. The molecule has 19 heavy (non-hydrogen) atoms. The van der Waals surface area contributed by atoms with Crippen molar-refractivity contribution in [2.24, 2.45) is 0 Å². The van der Waals surface area contributed by atoms with Gasteiger partial charge >= 0.3 is 5.97 Å². The van der Waals surface area contributed by atoms with Gasteiger partial charge in [0.15, 0.2) is 0 Å². The summed E-state index contributed by atoms with van der Waals surface area (Å²) in [6, 6.07) is 0. The number of hydrogen-bond donors (Lipinski definition) is 2. The molecule has 1 atom stereocenters. The highest BCUT2D eigenvalue weighted by molar-refractivity contribution is 5.96. The molecule has 1 unspecified atom stereocenters. The molecule has 7 nitrogen and oxygen atoms in total. The quantitative estimate of drug-likeness (QED) is 0.758. The van der Waals surface area contributed by atoms with Crippen molar-refractivity contribution in [3.8, 4) is 0 Å². The van der Waals surface area contributed by atoms with E-state index in [1.165, 1.54) is 7.11 Å². The van der Waals surface area contributed by atoms with Crippen LogP contribution in [0.15, 0.2) is 4.52 Å². The summed E-state index contributed by atoms with van der Waals surface area (Å²) in [6.45, 7) is 3.65. The maximum Gasteiger partial charge on any atom is 0.306 e. The monoisotopic (exact) mass is 270 g/mol. The van der Waals surface area contributed by atoms with E-state index >= 15 is 0 Å². The number of amides is 1. The second kappa shape index (κ2) is 6.89. The van der Waals surface area contributed by atoms with Crippen LogP contribution in [0.25, 0.3) is 0 Å². The third-order valence-electron chi connectivity index (χ3n) is 2.72. The van der Waals surface area contributed by atoms with Crippen LogP contribution in [0.4, 0.5) is 0 Å². The van der Waals surface area contributed by atoms with E-state index in [2.05, 4.69) is 10.5 Å². The minimum Gasteiger partial charge on any atom is -0.481 e. The van der Waals surface area contributed by atoms with Crippen LogP contribution in [0, 0.1) is 6.92 Å². The van der Waals surface area contributed by atoms with Crippen LogP contribution < -0.4 is 5.32 Å². The first kappa shape index (κ1) is 15.2. The van der Waals surface area contributed by atoms with Gasteiger partial charge in [0, 0.05) is 13.7 Å². The maximum atomic E-state index is 12.0. The third kappa shape index (κ3) is 4.06. The summed E-state index contributed by atoms with van der Waals surface area (Å²) in [7, 11) is 1.40. The molecule has 7 heteroatoms. The maximum absolute atomic E-state index is 12.0. The third-order valence-corrected chi connectivity index (χ3v) is 2.72. The van der Waals surface area contributed by atoms with Gasteiger partial charge in [0.25, 0.3) is 5.91 Å². The Bertz CT molecular complexity index is 455. The zero-order valence-electron chi connectivity index (χ0n) is 11.2. The summed E-state index contributed by atoms with van der Waals surface area (Å²) in [6.07, 6.45) is -0.144. The van der Waals surface area contributed by atoms with Crippen LogP contribution in [-0.4, -0.2) is 41.9 Å². The van der Waals surface area contributed by atoms with Gasteiger partial charge in [0.05, 0.1) is 18.2 Å². The summed E-state index contributed by atoms with van der Waals surface area (Å²) in [5, 5.41) is 15.1. The fourth-order valence-electron chi connectivity index (χ4n) is 1.68. The van der Waals surface area contributed by atoms with Gasteiger partial charge in [-0.1, -0.05) is 12.1 Å². The number of hydrogen-bond acceptors (Lipinski definition) is 5. The van der Waals surface area contributed by atoms with Crippen molar-refractivity contribution in [3.63, 3.8) is 0 Å². The molecular formula is C12H18N2O5. The lowest BCUT2D eigenvalue weighted by Crippen LogP contribution is -2.35. The van der Waals surface area contributed by atoms with Crippen molar-refractivity contribution in [3.05, 3.63) is 17.0 Å². The van der Waals surface area contributed by atoms with Gasteiger partial charge in [-0.2, -0.15) is 0 Å². The van der Waals surface area contributed by atoms with E-state index in [0.717, 1.165) is 0 Å². The van der Waals surface area contributed by atoms with Gasteiger partial charge in [0.1, 0.15) is 11.3 Å². The molecule has 0 aliphatic rings. The highest BCUT2D eigenvalue weighted by Crippen LogP contribution is 2.13. The van der Waals surface area contributed by atoms with Crippen LogP contribution >= 0.6 is 0 Å². The van der Waals surface area contributed by atoms with Gasteiger partial charge in [-0.3, -0.25) is 9.59 Å². The number of rotatable bonds is 7. The lowest BCUT2D eigenvalue weighted by atomic mass is 10.1. The topological polar surface area (TPSA) is 102 Å². The van der Waals surface area contributed by atoms with Crippen molar-refractivity contribution >= 4 is 11.9 Å². The lowest BCUT2D eigenvalue weighted by Gasteiger charge is -2.13. The van der Waals surface area contributed by atoms with E-state index in [1.807, 2.05) is 6.92 Å². The second-order valence-corrected chi connectivity index (χ2v) is 4.08. The van der Waals surface area contributed by atoms with Crippen molar-refractivity contribution in [2.75, 3.05) is 13.7 Å². The summed E-state index contributed by atoms with van der Waals surface area (Å²) in [4.78, 5) is 22.6. The molecule has 0 spiro atoms. The van der Waals surface area contributed by atoms with Crippen molar-refractivity contribution in [2.45, 2.75) is 32.8 Å². The van der Waals surface area contributed by atoms with Crippen molar-refractivity contribution < 1.29 is 24.0 Å². The van der Waals surface area contributed by atoms with Crippen molar-refractivity contribution in [1.29, 1.82) is 0 Å². The first-order valence-corrected chi connectivity index (χ1v) is 5.97. The molecule has 1 aromatic rings. The number of carboxylic acid groups (broad SMARTS) is 1. The molecule has 0 aromatic carbocycles. The average Bonchev–Trinajstić information content (AvgIpc) is 2.74. The van der Waals surface area contributed by atoms with Crippen LogP contribution in [0.5, 0.6) is 0 Å². The Morgan fingerprint density at radius 2 is 2.21 bits per heavy atom. The Labute approximate surface area is 110 Å². The summed E-state index contributed by atoms with van der Waals surface area (Å²) < 4.78 is 9.95. The molecule has 0 saturated carbocycles. The Kier molecular flexibility index (Phi) is 5.50. The Morgan fingerprint density at radius 1 is 1.53 bits per heavy atom.